The maximum atomic E-state index is 12.3. The van der Waals surface area contributed by atoms with Gasteiger partial charge in [0.25, 0.3) is 0 Å². The van der Waals surface area contributed by atoms with Crippen molar-refractivity contribution in [3.05, 3.63) is 29.8 Å². The quantitative estimate of drug-likeness (QED) is 0.644. The molecule has 0 saturated carbocycles. The molecule has 7 heteroatoms. The van der Waals surface area contributed by atoms with Crippen molar-refractivity contribution in [3.63, 3.8) is 0 Å². The Hall–Kier alpha value is -0.760. The van der Waals surface area contributed by atoms with Crippen LogP contribution in [0, 0.1) is 0 Å². The van der Waals surface area contributed by atoms with Crippen LogP contribution in [0.4, 0.5) is 13.2 Å². The Kier molecular flexibility index (Phi) is 7.51. The third kappa shape index (κ3) is 6.69. The molecule has 0 heterocycles. The Morgan fingerprint density at radius 1 is 1.29 bits per heavy atom. The van der Waals surface area contributed by atoms with Crippen molar-refractivity contribution in [1.82, 2.24) is 5.32 Å². The van der Waals surface area contributed by atoms with E-state index in [-0.39, 0.29) is 35.3 Å². The fourth-order valence-corrected chi connectivity index (χ4v) is 2.59. The summed E-state index contributed by atoms with van der Waals surface area (Å²) in [6.07, 6.45) is 1.47. The molecule has 0 aliphatic rings. The zero-order valence-electron chi connectivity index (χ0n) is 11.9. The van der Waals surface area contributed by atoms with Crippen LogP contribution in [0.25, 0.3) is 0 Å². The first-order valence-electron chi connectivity index (χ1n) is 6.82. The van der Waals surface area contributed by atoms with Gasteiger partial charge in [-0.3, -0.25) is 0 Å². The number of rotatable bonds is 8. The summed E-state index contributed by atoms with van der Waals surface area (Å²) in [5, 5.41) is 12.3. The molecular formula is C14H21F3N2OS. The molecule has 3 nitrogen and oxygen atoms in total. The number of hydrogen-bond donors (Lipinski definition) is 3. The predicted octanol–water partition coefficient (Wildman–Crippen LogP) is 3.05. The number of nitrogens with one attached hydrogen (secondary N) is 1. The van der Waals surface area contributed by atoms with Crippen molar-refractivity contribution in [3.8, 4) is 0 Å². The molecule has 0 fully saturated rings. The molecule has 0 amide bonds. The molecule has 0 spiro atoms. The van der Waals surface area contributed by atoms with Gasteiger partial charge in [-0.1, -0.05) is 19.1 Å². The number of alkyl halides is 3. The number of nitrogens with two attached hydrogens (primary N) is 1. The molecule has 120 valence electrons. The molecular weight excluding hydrogens is 301 g/mol. The number of hydrogen-bond acceptors (Lipinski definition) is 4. The molecule has 2 unspecified atom stereocenters. The second-order valence-electron chi connectivity index (χ2n) is 4.69. The lowest BCUT2D eigenvalue weighted by molar-refractivity contribution is -0.0328. The van der Waals surface area contributed by atoms with E-state index in [0.717, 1.165) is 12.0 Å². The molecule has 1 aromatic rings. The third-order valence-electron chi connectivity index (χ3n) is 3.16. The molecule has 0 bridgehead atoms. The number of aliphatic hydroxyl groups is 1. The molecule has 0 radical (unpaired) electrons. The summed E-state index contributed by atoms with van der Waals surface area (Å²) in [7, 11) is 0. The smallest absolute Gasteiger partial charge is 0.396 e. The minimum Gasteiger partial charge on any atom is -0.396 e. The van der Waals surface area contributed by atoms with Gasteiger partial charge in [-0.15, -0.1) is 0 Å². The summed E-state index contributed by atoms with van der Waals surface area (Å²) < 4.78 is 36.8. The Morgan fingerprint density at radius 2 is 1.90 bits per heavy atom. The highest BCUT2D eigenvalue weighted by Gasteiger charge is 2.29. The second-order valence-corrected chi connectivity index (χ2v) is 5.83. The van der Waals surface area contributed by atoms with Crippen LogP contribution in [0.15, 0.2) is 29.2 Å². The number of thioether (sulfide) groups is 1. The Bertz CT molecular complexity index is 412. The largest absolute Gasteiger partial charge is 0.446 e. The Labute approximate surface area is 127 Å². The van der Waals surface area contributed by atoms with Crippen LogP contribution in [0.1, 0.15) is 31.4 Å². The number of benzene rings is 1. The van der Waals surface area contributed by atoms with Crippen molar-refractivity contribution in [1.29, 1.82) is 0 Å². The lowest BCUT2D eigenvalue weighted by Crippen LogP contribution is -2.37. The van der Waals surface area contributed by atoms with Crippen molar-refractivity contribution < 1.29 is 18.3 Å². The lowest BCUT2D eigenvalue weighted by atomic mass is 10.0. The minimum atomic E-state index is -4.28. The monoisotopic (exact) mass is 322 g/mol. The SMILES string of the molecule is CCC(CCO)NC(CN)c1ccc(SC(F)(F)F)cc1. The van der Waals surface area contributed by atoms with E-state index in [0.29, 0.717) is 13.0 Å². The molecule has 0 aliphatic carbocycles. The van der Waals surface area contributed by atoms with Crippen LogP contribution in [-0.4, -0.2) is 29.8 Å². The highest BCUT2D eigenvalue weighted by atomic mass is 32.2. The van der Waals surface area contributed by atoms with Crippen molar-refractivity contribution in [2.45, 2.75) is 42.3 Å². The summed E-state index contributed by atoms with van der Waals surface area (Å²) >= 11 is -0.129. The molecule has 0 aromatic heterocycles. The van der Waals surface area contributed by atoms with Crippen LogP contribution in [-0.2, 0) is 0 Å². The second kappa shape index (κ2) is 8.63. The van der Waals surface area contributed by atoms with Gasteiger partial charge < -0.3 is 16.2 Å². The van der Waals surface area contributed by atoms with Gasteiger partial charge in [-0.25, -0.2) is 0 Å². The molecule has 0 saturated heterocycles. The van der Waals surface area contributed by atoms with E-state index >= 15 is 0 Å². The third-order valence-corrected chi connectivity index (χ3v) is 3.90. The van der Waals surface area contributed by atoms with E-state index in [1.807, 2.05) is 6.92 Å². The van der Waals surface area contributed by atoms with Gasteiger partial charge in [-0.2, -0.15) is 13.2 Å². The zero-order valence-corrected chi connectivity index (χ0v) is 12.7. The summed E-state index contributed by atoms with van der Waals surface area (Å²) in [5.74, 6) is 0. The average Bonchev–Trinajstić information content (AvgIpc) is 2.43. The molecule has 4 N–H and O–H groups in total. The van der Waals surface area contributed by atoms with Crippen LogP contribution in [0.2, 0.25) is 0 Å². The first kappa shape index (κ1) is 18.3. The van der Waals surface area contributed by atoms with Crippen molar-refractivity contribution in [2.24, 2.45) is 5.73 Å². The summed E-state index contributed by atoms with van der Waals surface area (Å²) in [5.41, 5.74) is 2.30. The van der Waals surface area contributed by atoms with E-state index in [1.165, 1.54) is 12.1 Å². The van der Waals surface area contributed by atoms with E-state index in [2.05, 4.69) is 5.32 Å². The van der Waals surface area contributed by atoms with Gasteiger partial charge in [0.05, 0.1) is 0 Å². The molecule has 0 aliphatic heterocycles. The fourth-order valence-electron chi connectivity index (χ4n) is 2.05. The predicted molar refractivity (Wildman–Crippen MR) is 79.1 cm³/mol. The van der Waals surface area contributed by atoms with E-state index < -0.39 is 5.51 Å². The van der Waals surface area contributed by atoms with Crippen molar-refractivity contribution in [2.75, 3.05) is 13.2 Å². The Balaban J connectivity index is 2.73. The summed E-state index contributed by atoms with van der Waals surface area (Å²) in [4.78, 5) is 0.157. The van der Waals surface area contributed by atoms with Gasteiger partial charge in [0, 0.05) is 30.1 Å². The average molecular weight is 322 g/mol. The molecule has 2 atom stereocenters. The van der Waals surface area contributed by atoms with Gasteiger partial charge in [0.2, 0.25) is 0 Å². The fraction of sp³-hybridized carbons (Fsp3) is 0.571. The maximum absolute atomic E-state index is 12.3. The first-order valence-corrected chi connectivity index (χ1v) is 7.64. The van der Waals surface area contributed by atoms with Gasteiger partial charge in [0.1, 0.15) is 0 Å². The normalized spacial score (nSPS) is 15.0. The minimum absolute atomic E-state index is 0.0873. The van der Waals surface area contributed by atoms with E-state index in [9.17, 15) is 13.2 Å². The van der Waals surface area contributed by atoms with Gasteiger partial charge in [0.15, 0.2) is 0 Å². The van der Waals surface area contributed by atoms with Gasteiger partial charge >= 0.3 is 5.51 Å². The summed E-state index contributed by atoms with van der Waals surface area (Å²) in [6.45, 7) is 2.43. The molecule has 1 rings (SSSR count). The van der Waals surface area contributed by atoms with Crippen LogP contribution in [0.5, 0.6) is 0 Å². The van der Waals surface area contributed by atoms with Crippen molar-refractivity contribution >= 4 is 11.8 Å². The highest BCUT2D eigenvalue weighted by molar-refractivity contribution is 8.00. The molecule has 1 aromatic carbocycles. The number of halogens is 3. The molecule has 21 heavy (non-hydrogen) atoms. The van der Waals surface area contributed by atoms with Crippen LogP contribution < -0.4 is 11.1 Å². The van der Waals surface area contributed by atoms with Gasteiger partial charge in [-0.05, 0) is 42.3 Å². The Morgan fingerprint density at radius 3 is 2.33 bits per heavy atom. The summed E-state index contributed by atoms with van der Waals surface area (Å²) in [6, 6.07) is 6.21. The zero-order chi connectivity index (χ0) is 15.9. The topological polar surface area (TPSA) is 58.3 Å². The highest BCUT2D eigenvalue weighted by Crippen LogP contribution is 2.37. The van der Waals surface area contributed by atoms with E-state index in [1.54, 1.807) is 12.1 Å². The number of aliphatic hydroxyl groups excluding tert-OH is 1. The van der Waals surface area contributed by atoms with E-state index in [4.69, 9.17) is 10.8 Å². The van der Waals surface area contributed by atoms with Crippen LogP contribution in [0.3, 0.4) is 0 Å². The first-order chi connectivity index (χ1) is 9.89. The maximum Gasteiger partial charge on any atom is 0.446 e. The van der Waals surface area contributed by atoms with Crippen LogP contribution >= 0.6 is 11.8 Å². The standard InChI is InChI=1S/C14H21F3N2OS/c1-2-11(7-8-20)19-13(9-18)10-3-5-12(6-4-10)21-14(15,16)17/h3-6,11,13,19-20H,2,7-9,18H2,1H3. The lowest BCUT2D eigenvalue weighted by Gasteiger charge is -2.24.